The van der Waals surface area contributed by atoms with Gasteiger partial charge in [-0.3, -0.25) is 0 Å². The Morgan fingerprint density at radius 2 is 1.93 bits per heavy atom. The molecule has 5 nitrogen and oxygen atoms in total. The van der Waals surface area contributed by atoms with E-state index < -0.39 is 6.10 Å². The molecule has 1 N–H and O–H groups in total. The lowest BCUT2D eigenvalue weighted by molar-refractivity contribution is 0.191. The van der Waals surface area contributed by atoms with Crippen LogP contribution in [0.3, 0.4) is 0 Å². The summed E-state index contributed by atoms with van der Waals surface area (Å²) in [6, 6.07) is 0.108. The summed E-state index contributed by atoms with van der Waals surface area (Å²) in [6.07, 6.45) is -0.789. The van der Waals surface area contributed by atoms with Crippen LogP contribution >= 0.6 is 11.6 Å². The molecular formula is C8H11ClN2O3. The van der Waals surface area contributed by atoms with Gasteiger partial charge in [-0.05, 0) is 6.92 Å². The van der Waals surface area contributed by atoms with Crippen molar-refractivity contribution in [2.45, 2.75) is 13.0 Å². The van der Waals surface area contributed by atoms with Crippen molar-refractivity contribution in [3.63, 3.8) is 0 Å². The second-order valence-corrected chi connectivity index (χ2v) is 2.96. The summed E-state index contributed by atoms with van der Waals surface area (Å²) >= 11 is 5.82. The molecule has 0 fully saturated rings. The molecular weight excluding hydrogens is 208 g/mol. The molecule has 0 aliphatic carbocycles. The lowest BCUT2D eigenvalue weighted by atomic mass is 10.2. The standard InChI is InChI=1S/C8H11ClN2O3/c1-4(12)5-6(9)10-8(14-3)11-7(5)13-2/h4,12H,1-3H3. The van der Waals surface area contributed by atoms with Gasteiger partial charge in [0.15, 0.2) is 0 Å². The van der Waals surface area contributed by atoms with E-state index in [9.17, 15) is 5.11 Å². The van der Waals surface area contributed by atoms with Gasteiger partial charge in [-0.15, -0.1) is 0 Å². The highest BCUT2D eigenvalue weighted by atomic mass is 35.5. The number of rotatable bonds is 3. The topological polar surface area (TPSA) is 64.5 Å². The maximum absolute atomic E-state index is 9.39. The van der Waals surface area contributed by atoms with Crippen LogP contribution in [0.2, 0.25) is 5.15 Å². The van der Waals surface area contributed by atoms with E-state index in [1.165, 1.54) is 14.2 Å². The Morgan fingerprint density at radius 1 is 1.29 bits per heavy atom. The van der Waals surface area contributed by atoms with Crippen molar-refractivity contribution in [3.8, 4) is 11.9 Å². The molecule has 6 heteroatoms. The SMILES string of the molecule is COc1nc(Cl)c(C(C)O)c(OC)n1. The van der Waals surface area contributed by atoms with E-state index in [0.717, 1.165) is 0 Å². The van der Waals surface area contributed by atoms with Gasteiger partial charge in [0, 0.05) is 0 Å². The van der Waals surface area contributed by atoms with Crippen molar-refractivity contribution in [2.75, 3.05) is 14.2 Å². The Morgan fingerprint density at radius 3 is 2.36 bits per heavy atom. The first kappa shape index (κ1) is 11.0. The van der Waals surface area contributed by atoms with Crippen molar-refractivity contribution in [1.82, 2.24) is 9.97 Å². The number of ether oxygens (including phenoxy) is 2. The number of aromatic nitrogens is 2. The molecule has 14 heavy (non-hydrogen) atoms. The molecule has 1 heterocycles. The summed E-state index contributed by atoms with van der Waals surface area (Å²) in [5.74, 6) is 0.219. The van der Waals surface area contributed by atoms with Crippen LogP contribution in [-0.2, 0) is 0 Å². The van der Waals surface area contributed by atoms with Crippen LogP contribution in [0.25, 0.3) is 0 Å². The summed E-state index contributed by atoms with van der Waals surface area (Å²) in [7, 11) is 2.86. The first-order chi connectivity index (χ1) is 6.60. The Kier molecular flexibility index (Phi) is 3.49. The monoisotopic (exact) mass is 218 g/mol. The Hall–Kier alpha value is -1.07. The van der Waals surface area contributed by atoms with Crippen LogP contribution < -0.4 is 9.47 Å². The van der Waals surface area contributed by atoms with Crippen LogP contribution in [0, 0.1) is 0 Å². The van der Waals surface area contributed by atoms with E-state index in [1.54, 1.807) is 6.92 Å². The zero-order chi connectivity index (χ0) is 10.7. The lowest BCUT2D eigenvalue weighted by Crippen LogP contribution is -2.04. The average Bonchev–Trinajstić information content (AvgIpc) is 2.15. The van der Waals surface area contributed by atoms with Gasteiger partial charge < -0.3 is 14.6 Å². The molecule has 1 atom stereocenters. The molecule has 1 rings (SSSR count). The number of methoxy groups -OCH3 is 2. The molecule has 0 bridgehead atoms. The fourth-order valence-electron chi connectivity index (χ4n) is 1.00. The van der Waals surface area contributed by atoms with Crippen molar-refractivity contribution < 1.29 is 14.6 Å². The predicted octanol–water partition coefficient (Wildman–Crippen LogP) is 1.20. The molecule has 0 aliphatic rings. The van der Waals surface area contributed by atoms with Crippen LogP contribution in [0.4, 0.5) is 0 Å². The highest BCUT2D eigenvalue weighted by Crippen LogP contribution is 2.30. The van der Waals surface area contributed by atoms with Gasteiger partial charge in [-0.2, -0.15) is 9.97 Å². The van der Waals surface area contributed by atoms with E-state index in [4.69, 9.17) is 21.1 Å². The quantitative estimate of drug-likeness (QED) is 0.773. The Labute approximate surface area is 86.7 Å². The number of aliphatic hydroxyl groups excluding tert-OH is 1. The van der Waals surface area contributed by atoms with Gasteiger partial charge in [0.05, 0.1) is 25.9 Å². The first-order valence-corrected chi connectivity index (χ1v) is 4.31. The highest BCUT2D eigenvalue weighted by Gasteiger charge is 2.18. The second kappa shape index (κ2) is 4.43. The summed E-state index contributed by atoms with van der Waals surface area (Å²) in [6.45, 7) is 1.56. The molecule has 0 aromatic carbocycles. The van der Waals surface area contributed by atoms with Crippen molar-refractivity contribution in [3.05, 3.63) is 10.7 Å². The fourth-order valence-corrected chi connectivity index (χ4v) is 1.31. The van der Waals surface area contributed by atoms with Gasteiger partial charge in [0.2, 0.25) is 5.88 Å². The van der Waals surface area contributed by atoms with E-state index in [0.29, 0.717) is 5.56 Å². The van der Waals surface area contributed by atoms with Crippen LogP contribution in [0.15, 0.2) is 0 Å². The number of hydrogen-bond donors (Lipinski definition) is 1. The third-order valence-corrected chi connectivity index (χ3v) is 1.93. The summed E-state index contributed by atoms with van der Waals surface area (Å²) in [4.78, 5) is 7.71. The molecule has 1 unspecified atom stereocenters. The molecule has 0 radical (unpaired) electrons. The highest BCUT2D eigenvalue weighted by molar-refractivity contribution is 6.30. The summed E-state index contributed by atoms with van der Waals surface area (Å²) in [5.41, 5.74) is 0.356. The molecule has 0 amide bonds. The zero-order valence-electron chi connectivity index (χ0n) is 8.11. The van der Waals surface area contributed by atoms with E-state index >= 15 is 0 Å². The van der Waals surface area contributed by atoms with Crippen LogP contribution in [0.5, 0.6) is 11.9 Å². The lowest BCUT2D eigenvalue weighted by Gasteiger charge is -2.11. The zero-order valence-corrected chi connectivity index (χ0v) is 8.87. The third-order valence-electron chi connectivity index (χ3n) is 1.64. The van der Waals surface area contributed by atoms with Crippen LogP contribution in [0.1, 0.15) is 18.6 Å². The van der Waals surface area contributed by atoms with Gasteiger partial charge >= 0.3 is 6.01 Å². The molecule has 1 aromatic rings. The third kappa shape index (κ3) is 2.05. The van der Waals surface area contributed by atoms with Crippen molar-refractivity contribution >= 4 is 11.6 Å². The Bertz CT molecular complexity index is 331. The maximum atomic E-state index is 9.39. The van der Waals surface area contributed by atoms with Gasteiger partial charge in [-0.1, -0.05) is 11.6 Å². The smallest absolute Gasteiger partial charge is 0.320 e. The molecule has 78 valence electrons. The molecule has 0 saturated carbocycles. The summed E-state index contributed by atoms with van der Waals surface area (Å²) in [5, 5.41) is 9.52. The van der Waals surface area contributed by atoms with Crippen molar-refractivity contribution in [2.24, 2.45) is 0 Å². The molecule has 0 aliphatic heterocycles. The normalized spacial score (nSPS) is 12.4. The second-order valence-electron chi connectivity index (χ2n) is 2.60. The van der Waals surface area contributed by atoms with E-state index in [2.05, 4.69) is 9.97 Å². The number of nitrogens with zero attached hydrogens (tertiary/aromatic N) is 2. The number of hydrogen-bond acceptors (Lipinski definition) is 5. The minimum Gasteiger partial charge on any atom is -0.481 e. The maximum Gasteiger partial charge on any atom is 0.320 e. The molecule has 0 spiro atoms. The minimum atomic E-state index is -0.789. The molecule has 1 aromatic heterocycles. The van der Waals surface area contributed by atoms with E-state index in [1.807, 2.05) is 0 Å². The average molecular weight is 219 g/mol. The largest absolute Gasteiger partial charge is 0.481 e. The summed E-state index contributed by atoms with van der Waals surface area (Å²) < 4.78 is 9.76. The van der Waals surface area contributed by atoms with Crippen molar-refractivity contribution in [1.29, 1.82) is 0 Å². The van der Waals surface area contributed by atoms with Gasteiger partial charge in [-0.25, -0.2) is 0 Å². The van der Waals surface area contributed by atoms with Gasteiger partial charge in [0.1, 0.15) is 5.15 Å². The first-order valence-electron chi connectivity index (χ1n) is 3.93. The van der Waals surface area contributed by atoms with Crippen LogP contribution in [-0.4, -0.2) is 29.3 Å². The number of aliphatic hydroxyl groups is 1. The predicted molar refractivity (Wildman–Crippen MR) is 50.8 cm³/mol. The fraction of sp³-hybridized carbons (Fsp3) is 0.500. The Balaban J connectivity index is 3.27. The minimum absolute atomic E-state index is 0.108. The van der Waals surface area contributed by atoms with E-state index in [-0.39, 0.29) is 17.0 Å². The van der Waals surface area contributed by atoms with Gasteiger partial charge in [0.25, 0.3) is 0 Å². The number of halogens is 1. The molecule has 0 saturated heterocycles.